The second kappa shape index (κ2) is 8.63. The molecule has 140 valence electrons. The second-order valence-corrected chi connectivity index (χ2v) is 7.61. The van der Waals surface area contributed by atoms with Crippen molar-refractivity contribution in [2.75, 3.05) is 13.7 Å². The Hall–Kier alpha value is -2.24. The van der Waals surface area contributed by atoms with Gasteiger partial charge in [0.1, 0.15) is 5.75 Å². The number of benzene rings is 2. The number of halogens is 1. The summed E-state index contributed by atoms with van der Waals surface area (Å²) in [6.45, 7) is 4.67. The van der Waals surface area contributed by atoms with Crippen LogP contribution in [0.5, 0.6) is 5.75 Å². The Kier molecular flexibility index (Phi) is 6.24. The van der Waals surface area contributed by atoms with Crippen LogP contribution < -0.4 is 4.74 Å². The first-order valence-electron chi connectivity index (χ1n) is 8.72. The molecule has 1 heterocycles. The highest BCUT2D eigenvalue weighted by Gasteiger charge is 2.32. The van der Waals surface area contributed by atoms with Crippen molar-refractivity contribution in [1.29, 1.82) is 0 Å². The van der Waals surface area contributed by atoms with Gasteiger partial charge in [-0.05, 0) is 78.7 Å². The Morgan fingerprint density at radius 2 is 1.96 bits per heavy atom. The van der Waals surface area contributed by atoms with Gasteiger partial charge < -0.3 is 4.74 Å². The fourth-order valence-corrected chi connectivity index (χ4v) is 3.93. The number of rotatable bonds is 5. The molecular formula is C21H21ClN2O2S. The Labute approximate surface area is 168 Å². The molecule has 0 aromatic heterocycles. The van der Waals surface area contributed by atoms with E-state index in [2.05, 4.69) is 4.99 Å². The molecule has 1 aliphatic heterocycles. The summed E-state index contributed by atoms with van der Waals surface area (Å²) in [6, 6.07) is 13.2. The molecule has 0 radical (unpaired) electrons. The minimum Gasteiger partial charge on any atom is -0.496 e. The van der Waals surface area contributed by atoms with Gasteiger partial charge in [0.25, 0.3) is 5.91 Å². The highest BCUT2D eigenvalue weighted by atomic mass is 35.5. The smallest absolute Gasteiger partial charge is 0.266 e. The third kappa shape index (κ3) is 4.54. The van der Waals surface area contributed by atoms with Crippen molar-refractivity contribution in [3.63, 3.8) is 0 Å². The lowest BCUT2D eigenvalue weighted by molar-refractivity contribution is -0.122. The molecule has 6 heteroatoms. The number of amides is 1. The van der Waals surface area contributed by atoms with Gasteiger partial charge in [-0.3, -0.25) is 9.69 Å². The summed E-state index contributed by atoms with van der Waals surface area (Å²) < 4.78 is 5.30. The Bertz CT molecular complexity index is 907. The Morgan fingerprint density at radius 1 is 1.22 bits per heavy atom. The van der Waals surface area contributed by atoms with E-state index >= 15 is 0 Å². The molecule has 0 unspecified atom stereocenters. The summed E-state index contributed by atoms with van der Waals surface area (Å²) in [6.07, 6.45) is 2.77. The lowest BCUT2D eigenvalue weighted by atomic mass is 10.1. The van der Waals surface area contributed by atoms with Crippen LogP contribution in [-0.2, 0) is 4.79 Å². The first-order valence-corrected chi connectivity index (χ1v) is 9.91. The normalized spacial score (nSPS) is 17.2. The SMILES string of the molecule is CCCN1C(=O)/C(=C/c2ccc(OC)c(C)c2)SC1=Nc1ccc(Cl)cc1. The number of thioether (sulfide) groups is 1. The van der Waals surface area contributed by atoms with Gasteiger partial charge in [0.2, 0.25) is 0 Å². The molecule has 3 rings (SSSR count). The highest BCUT2D eigenvalue weighted by molar-refractivity contribution is 8.18. The van der Waals surface area contributed by atoms with E-state index in [0.29, 0.717) is 21.6 Å². The largest absolute Gasteiger partial charge is 0.496 e. The van der Waals surface area contributed by atoms with E-state index in [-0.39, 0.29) is 5.91 Å². The molecule has 0 spiro atoms. The molecule has 2 aromatic carbocycles. The van der Waals surface area contributed by atoms with Gasteiger partial charge in [-0.1, -0.05) is 24.6 Å². The highest BCUT2D eigenvalue weighted by Crippen LogP contribution is 2.35. The summed E-state index contributed by atoms with van der Waals surface area (Å²) in [5.74, 6) is 0.822. The van der Waals surface area contributed by atoms with Crippen LogP contribution in [0.25, 0.3) is 6.08 Å². The van der Waals surface area contributed by atoms with Gasteiger partial charge in [-0.15, -0.1) is 0 Å². The van der Waals surface area contributed by atoms with Gasteiger partial charge in [0, 0.05) is 11.6 Å². The van der Waals surface area contributed by atoms with Crippen molar-refractivity contribution in [2.24, 2.45) is 4.99 Å². The van der Waals surface area contributed by atoms with Crippen LogP contribution in [0.3, 0.4) is 0 Å². The number of aliphatic imine (C=N–C) groups is 1. The first kappa shape index (κ1) is 19.5. The zero-order valence-corrected chi connectivity index (χ0v) is 17.1. The Balaban J connectivity index is 1.92. The van der Waals surface area contributed by atoms with Gasteiger partial charge in [-0.2, -0.15) is 0 Å². The molecular weight excluding hydrogens is 380 g/mol. The van der Waals surface area contributed by atoms with Crippen LogP contribution >= 0.6 is 23.4 Å². The van der Waals surface area contributed by atoms with Crippen molar-refractivity contribution in [2.45, 2.75) is 20.3 Å². The van der Waals surface area contributed by atoms with Gasteiger partial charge in [0.15, 0.2) is 5.17 Å². The number of carbonyl (C=O) groups is 1. The van der Waals surface area contributed by atoms with Gasteiger partial charge in [-0.25, -0.2) is 4.99 Å². The molecule has 4 nitrogen and oxygen atoms in total. The van der Waals surface area contributed by atoms with E-state index in [1.165, 1.54) is 11.8 Å². The number of carbonyl (C=O) groups excluding carboxylic acids is 1. The van der Waals surface area contributed by atoms with Crippen molar-refractivity contribution in [3.05, 3.63) is 63.5 Å². The van der Waals surface area contributed by atoms with Crippen molar-refractivity contribution >= 4 is 46.2 Å². The number of aryl methyl sites for hydroxylation is 1. The minimum absolute atomic E-state index is 0.0111. The lowest BCUT2D eigenvalue weighted by Crippen LogP contribution is -2.29. The summed E-state index contributed by atoms with van der Waals surface area (Å²) in [4.78, 5) is 19.9. The van der Waals surface area contributed by atoms with E-state index < -0.39 is 0 Å². The topological polar surface area (TPSA) is 41.9 Å². The molecule has 2 aromatic rings. The summed E-state index contributed by atoms with van der Waals surface area (Å²) >= 11 is 7.34. The summed E-state index contributed by atoms with van der Waals surface area (Å²) in [5, 5.41) is 1.36. The van der Waals surface area contributed by atoms with Crippen LogP contribution in [0.4, 0.5) is 5.69 Å². The van der Waals surface area contributed by atoms with E-state index in [9.17, 15) is 4.79 Å². The number of methoxy groups -OCH3 is 1. The predicted octanol–water partition coefficient (Wildman–Crippen LogP) is 5.67. The number of amidine groups is 1. The third-order valence-electron chi connectivity index (χ3n) is 4.10. The average Bonchev–Trinajstić information content (AvgIpc) is 2.93. The predicted molar refractivity (Wildman–Crippen MR) is 114 cm³/mol. The zero-order chi connectivity index (χ0) is 19.4. The minimum atomic E-state index is -0.0111. The van der Waals surface area contributed by atoms with Crippen LogP contribution in [0.2, 0.25) is 5.02 Å². The number of nitrogens with zero attached hydrogens (tertiary/aromatic N) is 2. The molecule has 1 saturated heterocycles. The monoisotopic (exact) mass is 400 g/mol. The molecule has 27 heavy (non-hydrogen) atoms. The summed E-state index contributed by atoms with van der Waals surface area (Å²) in [5.41, 5.74) is 2.77. The maximum Gasteiger partial charge on any atom is 0.266 e. The van der Waals surface area contributed by atoms with Crippen molar-refractivity contribution in [3.8, 4) is 5.75 Å². The van der Waals surface area contributed by atoms with Crippen molar-refractivity contribution in [1.82, 2.24) is 4.90 Å². The van der Waals surface area contributed by atoms with Crippen LogP contribution in [-0.4, -0.2) is 29.6 Å². The van der Waals surface area contributed by atoms with E-state index in [1.54, 1.807) is 24.1 Å². The quantitative estimate of drug-likeness (QED) is 0.607. The first-order chi connectivity index (χ1) is 13.0. The third-order valence-corrected chi connectivity index (χ3v) is 5.36. The van der Waals surface area contributed by atoms with Crippen LogP contribution in [0.1, 0.15) is 24.5 Å². The molecule has 0 saturated carbocycles. The molecule has 1 fully saturated rings. The molecule has 0 atom stereocenters. The molecule has 1 aliphatic rings. The molecule has 0 aliphatic carbocycles. The second-order valence-electron chi connectivity index (χ2n) is 6.17. The maximum atomic E-state index is 12.9. The van der Waals surface area contributed by atoms with Crippen molar-refractivity contribution < 1.29 is 9.53 Å². The summed E-state index contributed by atoms with van der Waals surface area (Å²) in [7, 11) is 1.65. The number of ether oxygens (including phenoxy) is 1. The lowest BCUT2D eigenvalue weighted by Gasteiger charge is -2.13. The van der Waals surface area contributed by atoms with E-state index in [0.717, 1.165) is 29.0 Å². The standard InChI is InChI=1S/C21H21ClN2O2S/c1-4-11-24-20(25)19(13-15-5-10-18(26-3)14(2)12-15)27-21(24)23-17-8-6-16(22)7-9-17/h5-10,12-13H,4,11H2,1-3H3/b19-13-,23-21?. The van der Waals surface area contributed by atoms with Gasteiger partial charge in [0.05, 0.1) is 17.7 Å². The molecule has 0 bridgehead atoms. The van der Waals surface area contributed by atoms with E-state index in [4.69, 9.17) is 16.3 Å². The van der Waals surface area contributed by atoms with Crippen LogP contribution in [0, 0.1) is 6.92 Å². The maximum absolute atomic E-state index is 12.9. The molecule has 0 N–H and O–H groups in total. The van der Waals surface area contributed by atoms with Crippen LogP contribution in [0.15, 0.2) is 52.4 Å². The number of hydrogen-bond donors (Lipinski definition) is 0. The van der Waals surface area contributed by atoms with E-state index in [1.807, 2.05) is 50.3 Å². The fourth-order valence-electron chi connectivity index (χ4n) is 2.78. The molecule has 1 amide bonds. The Morgan fingerprint density at radius 3 is 2.59 bits per heavy atom. The number of hydrogen-bond acceptors (Lipinski definition) is 4. The fraction of sp³-hybridized carbons (Fsp3) is 0.238. The van der Waals surface area contributed by atoms with Gasteiger partial charge >= 0.3 is 0 Å². The zero-order valence-electron chi connectivity index (χ0n) is 15.5. The average molecular weight is 401 g/mol.